The smallest absolute Gasteiger partial charge is 0.317 e. The van der Waals surface area contributed by atoms with Crippen molar-refractivity contribution in [1.82, 2.24) is 19.6 Å². The summed E-state index contributed by atoms with van der Waals surface area (Å²) >= 11 is 0. The van der Waals surface area contributed by atoms with Gasteiger partial charge in [0, 0.05) is 64.0 Å². The highest BCUT2D eigenvalue weighted by Gasteiger charge is 2.29. The highest BCUT2D eigenvalue weighted by atomic mass is 16.5. The van der Waals surface area contributed by atoms with Crippen LogP contribution in [0.5, 0.6) is 0 Å². The SMILES string of the molecule is C=C1CCC(N2CCN(CC(=O)O)CCN(CC(=O)O)CCN(CC(=O)N=O)CC2)C(=C)O1. The summed E-state index contributed by atoms with van der Waals surface area (Å²) in [6.07, 6.45) is 1.44. The molecule has 12 nitrogen and oxygen atoms in total. The minimum atomic E-state index is -0.993. The van der Waals surface area contributed by atoms with Gasteiger partial charge >= 0.3 is 11.9 Å². The Kier molecular flexibility index (Phi) is 10.6. The van der Waals surface area contributed by atoms with Gasteiger partial charge in [0.05, 0.1) is 31.4 Å². The highest BCUT2D eigenvalue weighted by molar-refractivity contribution is 5.78. The Labute approximate surface area is 193 Å². The number of nitrogens with zero attached hydrogens (tertiary/aromatic N) is 5. The molecule has 1 unspecified atom stereocenters. The van der Waals surface area contributed by atoms with Crippen LogP contribution in [0.3, 0.4) is 0 Å². The van der Waals surface area contributed by atoms with Crippen LogP contribution in [0.1, 0.15) is 12.8 Å². The maximum Gasteiger partial charge on any atom is 0.317 e. The lowest BCUT2D eigenvalue weighted by Crippen LogP contribution is -2.51. The van der Waals surface area contributed by atoms with Gasteiger partial charge in [-0.3, -0.25) is 34.0 Å². The first-order valence-electron chi connectivity index (χ1n) is 10.9. The summed E-state index contributed by atoms with van der Waals surface area (Å²) in [5.41, 5.74) is 0. The minimum Gasteiger partial charge on any atom is -0.480 e. The number of allylic oxidation sites excluding steroid dienone is 1. The van der Waals surface area contributed by atoms with Crippen molar-refractivity contribution in [2.75, 3.05) is 72.0 Å². The fourth-order valence-corrected chi connectivity index (χ4v) is 4.09. The summed E-state index contributed by atoms with van der Waals surface area (Å²) in [6.45, 7) is 10.7. The number of rotatable bonds is 7. The number of hydrogen-bond acceptors (Lipinski definition) is 9. The highest BCUT2D eigenvalue weighted by Crippen LogP contribution is 2.27. The zero-order valence-electron chi connectivity index (χ0n) is 18.9. The van der Waals surface area contributed by atoms with E-state index in [1.54, 1.807) is 14.7 Å². The van der Waals surface area contributed by atoms with Crippen LogP contribution in [0.25, 0.3) is 0 Å². The van der Waals surface area contributed by atoms with E-state index in [1.807, 2.05) is 0 Å². The number of carbonyl (C=O) groups is 3. The second-order valence-electron chi connectivity index (χ2n) is 8.30. The normalized spacial score (nSPS) is 23.2. The molecule has 2 N–H and O–H groups in total. The first-order valence-corrected chi connectivity index (χ1v) is 10.9. The molecule has 0 spiro atoms. The minimum absolute atomic E-state index is 0.0876. The van der Waals surface area contributed by atoms with Crippen molar-refractivity contribution < 1.29 is 29.3 Å². The maximum absolute atomic E-state index is 11.7. The molecule has 2 rings (SSSR count). The van der Waals surface area contributed by atoms with Crippen molar-refractivity contribution in [3.63, 3.8) is 0 Å². The van der Waals surface area contributed by atoms with Gasteiger partial charge in [-0.1, -0.05) is 13.2 Å². The Morgan fingerprint density at radius 3 is 1.73 bits per heavy atom. The molecule has 0 aromatic carbocycles. The molecule has 184 valence electrons. The molecule has 2 aliphatic heterocycles. The van der Waals surface area contributed by atoms with Crippen LogP contribution in [-0.4, -0.2) is 126 Å². The zero-order valence-corrected chi connectivity index (χ0v) is 18.9. The van der Waals surface area contributed by atoms with Crippen molar-refractivity contribution >= 4 is 17.8 Å². The molecule has 2 fully saturated rings. The van der Waals surface area contributed by atoms with E-state index < -0.39 is 17.8 Å². The molecule has 2 saturated heterocycles. The average molecular weight is 468 g/mol. The summed E-state index contributed by atoms with van der Waals surface area (Å²) in [6, 6.07) is -0.0876. The van der Waals surface area contributed by atoms with Crippen LogP contribution in [0.15, 0.2) is 29.9 Å². The lowest BCUT2D eigenvalue weighted by molar-refractivity contribution is -0.140. The Bertz CT molecular complexity index is 759. The van der Waals surface area contributed by atoms with Crippen molar-refractivity contribution in [2.45, 2.75) is 18.9 Å². The third-order valence-corrected chi connectivity index (χ3v) is 5.83. The van der Waals surface area contributed by atoms with Gasteiger partial charge in [0.15, 0.2) is 0 Å². The number of hydrogen-bond donors (Lipinski definition) is 2. The van der Waals surface area contributed by atoms with E-state index in [9.17, 15) is 29.5 Å². The number of amides is 1. The van der Waals surface area contributed by atoms with Gasteiger partial charge in [-0.2, -0.15) is 0 Å². The molecule has 1 atom stereocenters. The van der Waals surface area contributed by atoms with E-state index >= 15 is 0 Å². The molecular weight excluding hydrogens is 434 g/mol. The van der Waals surface area contributed by atoms with Crippen molar-refractivity contribution in [1.29, 1.82) is 0 Å². The van der Waals surface area contributed by atoms with E-state index in [0.717, 1.165) is 6.42 Å². The predicted molar refractivity (Wildman–Crippen MR) is 119 cm³/mol. The Morgan fingerprint density at radius 2 is 1.30 bits per heavy atom. The third kappa shape index (κ3) is 9.38. The van der Waals surface area contributed by atoms with E-state index in [4.69, 9.17) is 4.74 Å². The first-order chi connectivity index (χ1) is 15.7. The lowest BCUT2D eigenvalue weighted by Gasteiger charge is -2.39. The summed E-state index contributed by atoms with van der Waals surface area (Å²) in [7, 11) is 0. The molecule has 0 radical (unpaired) electrons. The van der Waals surface area contributed by atoms with Crippen LogP contribution in [0, 0.1) is 4.91 Å². The van der Waals surface area contributed by atoms with Crippen molar-refractivity contribution in [2.24, 2.45) is 5.18 Å². The van der Waals surface area contributed by atoms with Crippen molar-refractivity contribution in [3.05, 3.63) is 29.6 Å². The molecule has 2 aliphatic rings. The van der Waals surface area contributed by atoms with Gasteiger partial charge in [0.2, 0.25) is 0 Å². The largest absolute Gasteiger partial charge is 0.480 e. The fraction of sp³-hybridized carbons (Fsp3) is 0.667. The van der Waals surface area contributed by atoms with Crippen molar-refractivity contribution in [3.8, 4) is 0 Å². The van der Waals surface area contributed by atoms with Crippen LogP contribution < -0.4 is 0 Å². The predicted octanol–water partition coefficient (Wildman–Crippen LogP) is -0.123. The molecular formula is C21H33N5O7. The van der Waals surface area contributed by atoms with Gasteiger partial charge in [-0.05, 0) is 6.42 Å². The topological polar surface area (TPSA) is 143 Å². The van der Waals surface area contributed by atoms with Crippen LogP contribution >= 0.6 is 0 Å². The van der Waals surface area contributed by atoms with Gasteiger partial charge in [-0.15, -0.1) is 4.91 Å². The molecule has 33 heavy (non-hydrogen) atoms. The second kappa shape index (κ2) is 13.1. The Morgan fingerprint density at radius 1 is 0.848 bits per heavy atom. The molecule has 2 heterocycles. The molecule has 12 heteroatoms. The number of carbonyl (C=O) groups excluding carboxylic acids is 1. The molecule has 1 amide bonds. The fourth-order valence-electron chi connectivity index (χ4n) is 4.09. The van der Waals surface area contributed by atoms with E-state index in [-0.39, 0.29) is 25.7 Å². The summed E-state index contributed by atoms with van der Waals surface area (Å²) < 4.78 is 5.65. The van der Waals surface area contributed by atoms with Gasteiger partial charge in [0.25, 0.3) is 5.91 Å². The molecule has 0 aromatic heterocycles. The number of carboxylic acids is 2. The third-order valence-electron chi connectivity index (χ3n) is 5.83. The summed E-state index contributed by atoms with van der Waals surface area (Å²) in [5.74, 6) is -1.50. The molecule has 0 aromatic rings. The Hall–Kier alpha value is -2.67. The quantitative estimate of drug-likeness (QED) is 0.484. The van der Waals surface area contributed by atoms with Gasteiger partial charge < -0.3 is 14.9 Å². The summed E-state index contributed by atoms with van der Waals surface area (Å²) in [4.78, 5) is 52.4. The average Bonchev–Trinajstić information content (AvgIpc) is 2.73. The van der Waals surface area contributed by atoms with E-state index in [1.165, 1.54) is 0 Å². The van der Waals surface area contributed by atoms with Crippen LogP contribution in [0.2, 0.25) is 0 Å². The molecule has 0 bridgehead atoms. The van der Waals surface area contributed by atoms with Gasteiger partial charge in [-0.25, -0.2) is 0 Å². The standard InChI is InChI=1S/C21H33N5O7/c1-16-3-4-18(17(2)33-16)26-11-9-23(13-19(27)22-32)5-6-24(14-20(28)29)7-8-25(10-12-26)15-21(30)31/h18H,1-15H2,(H,28,29)(H,30,31). The second-order valence-corrected chi connectivity index (χ2v) is 8.30. The first kappa shape index (κ1) is 26.6. The number of ether oxygens (including phenoxy) is 1. The summed E-state index contributed by atoms with van der Waals surface area (Å²) in [5, 5.41) is 21.0. The van der Waals surface area contributed by atoms with Crippen LogP contribution in [0.4, 0.5) is 0 Å². The molecule has 0 aliphatic carbocycles. The van der Waals surface area contributed by atoms with Crippen LogP contribution in [-0.2, 0) is 19.1 Å². The monoisotopic (exact) mass is 467 g/mol. The maximum atomic E-state index is 11.7. The Balaban J connectivity index is 2.20. The number of nitroso groups, excluding NO2 is 1. The number of aliphatic carboxylic acids is 2. The van der Waals surface area contributed by atoms with Gasteiger partial charge in [0.1, 0.15) is 5.76 Å². The van der Waals surface area contributed by atoms with E-state index in [2.05, 4.69) is 23.2 Å². The number of carboxylic acid groups (broad SMARTS) is 2. The lowest BCUT2D eigenvalue weighted by atomic mass is 10.0. The zero-order chi connectivity index (χ0) is 24.4. The molecule has 0 saturated carbocycles. The van der Waals surface area contributed by atoms with E-state index in [0.29, 0.717) is 70.3 Å².